The summed E-state index contributed by atoms with van der Waals surface area (Å²) in [5, 5.41) is 16.5. The summed E-state index contributed by atoms with van der Waals surface area (Å²) in [6.07, 6.45) is 1.12. The number of benzene rings is 1. The van der Waals surface area contributed by atoms with E-state index >= 15 is 0 Å². The Morgan fingerprint density at radius 3 is 2.33 bits per heavy atom. The van der Waals surface area contributed by atoms with Gasteiger partial charge in [0.05, 0.1) is 5.02 Å². The first-order chi connectivity index (χ1) is 7.08. The second kappa shape index (κ2) is 4.54. The monoisotopic (exact) mass is 224 g/mol. The molecule has 0 bridgehead atoms. The molecule has 74 valence electrons. The maximum atomic E-state index is 12.8. The Hall–Kier alpha value is -1.91. The van der Waals surface area contributed by atoms with Crippen molar-refractivity contribution in [2.75, 3.05) is 0 Å². The van der Waals surface area contributed by atoms with E-state index in [2.05, 4.69) is 0 Å². The molecule has 0 aliphatic heterocycles. The van der Waals surface area contributed by atoms with Crippen LogP contribution in [0.2, 0.25) is 5.02 Å². The summed E-state index contributed by atoms with van der Waals surface area (Å²) < 4.78 is 25.6. The summed E-state index contributed by atoms with van der Waals surface area (Å²) in [5.74, 6) is -2.27. The van der Waals surface area contributed by atoms with Crippen LogP contribution in [0.3, 0.4) is 0 Å². The minimum atomic E-state index is -1.15. The fourth-order valence-electron chi connectivity index (χ4n) is 0.915. The Balaban J connectivity index is 3.26. The van der Waals surface area contributed by atoms with E-state index in [1.807, 2.05) is 0 Å². The molecule has 0 heterocycles. The predicted molar refractivity (Wildman–Crippen MR) is 50.6 cm³/mol. The van der Waals surface area contributed by atoms with Crippen LogP contribution >= 0.6 is 11.6 Å². The zero-order valence-corrected chi connectivity index (χ0v) is 8.02. The minimum absolute atomic E-state index is 0.164. The van der Waals surface area contributed by atoms with Crippen LogP contribution in [-0.2, 0) is 0 Å². The van der Waals surface area contributed by atoms with Crippen molar-refractivity contribution < 1.29 is 8.78 Å². The number of nitriles is 2. The highest BCUT2D eigenvalue weighted by Crippen LogP contribution is 2.21. The van der Waals surface area contributed by atoms with Crippen molar-refractivity contribution in [2.24, 2.45) is 0 Å². The van der Waals surface area contributed by atoms with Crippen LogP contribution < -0.4 is 0 Å². The van der Waals surface area contributed by atoms with Crippen molar-refractivity contribution in [1.29, 1.82) is 10.5 Å². The number of halogens is 3. The Morgan fingerprint density at radius 2 is 1.87 bits per heavy atom. The molecule has 0 radical (unpaired) electrons. The topological polar surface area (TPSA) is 47.6 Å². The van der Waals surface area contributed by atoms with Gasteiger partial charge >= 0.3 is 0 Å². The van der Waals surface area contributed by atoms with E-state index in [0.29, 0.717) is 0 Å². The lowest BCUT2D eigenvalue weighted by Crippen LogP contribution is -1.87. The molecule has 0 fully saturated rings. The molecule has 1 aromatic carbocycles. The summed E-state index contributed by atoms with van der Waals surface area (Å²) >= 11 is 5.38. The third kappa shape index (κ3) is 2.52. The van der Waals surface area contributed by atoms with E-state index in [4.69, 9.17) is 22.1 Å². The van der Waals surface area contributed by atoms with Gasteiger partial charge in [-0.2, -0.15) is 10.5 Å². The molecule has 0 aliphatic rings. The fraction of sp³-hybridized carbons (Fsp3) is 0. The van der Waals surface area contributed by atoms with Crippen LogP contribution in [0, 0.1) is 34.3 Å². The van der Waals surface area contributed by atoms with Crippen LogP contribution in [0.25, 0.3) is 6.08 Å². The largest absolute Gasteiger partial charge is 0.204 e. The number of hydrogen-bond acceptors (Lipinski definition) is 2. The fourth-order valence-corrected chi connectivity index (χ4v) is 1.13. The molecular weight excluding hydrogens is 222 g/mol. The molecule has 15 heavy (non-hydrogen) atoms. The van der Waals surface area contributed by atoms with E-state index in [0.717, 1.165) is 18.2 Å². The minimum Gasteiger partial charge on any atom is -0.204 e. The summed E-state index contributed by atoms with van der Waals surface area (Å²) in [4.78, 5) is 0. The van der Waals surface area contributed by atoms with Crippen molar-refractivity contribution in [3.05, 3.63) is 39.9 Å². The molecule has 0 saturated heterocycles. The molecule has 1 rings (SSSR count). The maximum Gasteiger partial charge on any atom is 0.177 e. The van der Waals surface area contributed by atoms with Gasteiger partial charge in [-0.25, -0.2) is 8.78 Å². The number of allylic oxidation sites excluding steroid dienone is 1. The van der Waals surface area contributed by atoms with Gasteiger partial charge in [0.15, 0.2) is 11.6 Å². The van der Waals surface area contributed by atoms with Gasteiger partial charge in [-0.3, -0.25) is 0 Å². The normalized spacial score (nSPS) is 8.87. The second-order valence-electron chi connectivity index (χ2n) is 2.58. The summed E-state index contributed by atoms with van der Waals surface area (Å²) in [6.45, 7) is 0. The lowest BCUT2D eigenvalue weighted by molar-refractivity contribution is 0.509. The van der Waals surface area contributed by atoms with Crippen LogP contribution in [0.15, 0.2) is 17.7 Å². The number of rotatable bonds is 1. The Bertz CT molecular complexity index is 470. The molecule has 0 amide bonds. The average molecular weight is 225 g/mol. The molecule has 0 unspecified atom stereocenters. The van der Waals surface area contributed by atoms with Crippen molar-refractivity contribution >= 4 is 17.7 Å². The Kier molecular flexibility index (Phi) is 3.38. The SMILES string of the molecule is N#CC(C#N)=Cc1cc(F)c(F)c(Cl)c1. The lowest BCUT2D eigenvalue weighted by Gasteiger charge is -1.98. The van der Waals surface area contributed by atoms with E-state index in [1.54, 1.807) is 12.1 Å². The first-order valence-electron chi connectivity index (χ1n) is 3.75. The predicted octanol–water partition coefficient (Wildman–Crippen LogP) is 3.05. The first-order valence-corrected chi connectivity index (χ1v) is 4.12. The molecular formula is C10H3ClF2N2. The smallest absolute Gasteiger partial charge is 0.177 e. The van der Waals surface area contributed by atoms with Gasteiger partial charge < -0.3 is 0 Å². The van der Waals surface area contributed by atoms with E-state index < -0.39 is 16.7 Å². The molecule has 2 nitrogen and oxygen atoms in total. The number of hydrogen-bond donors (Lipinski definition) is 0. The van der Waals surface area contributed by atoms with Gasteiger partial charge in [-0.1, -0.05) is 11.6 Å². The van der Waals surface area contributed by atoms with Gasteiger partial charge in [0.25, 0.3) is 0 Å². The highest BCUT2D eigenvalue weighted by Gasteiger charge is 2.08. The Morgan fingerprint density at radius 1 is 1.27 bits per heavy atom. The quantitative estimate of drug-likeness (QED) is 0.544. The van der Waals surface area contributed by atoms with E-state index in [1.165, 1.54) is 0 Å². The molecule has 5 heteroatoms. The Labute approximate surface area is 89.6 Å². The zero-order valence-electron chi connectivity index (χ0n) is 7.26. The van der Waals surface area contributed by atoms with Gasteiger partial charge in [0.1, 0.15) is 17.7 Å². The van der Waals surface area contributed by atoms with Crippen molar-refractivity contribution in [3.8, 4) is 12.1 Å². The van der Waals surface area contributed by atoms with Crippen LogP contribution in [0.4, 0.5) is 8.78 Å². The lowest BCUT2D eigenvalue weighted by atomic mass is 10.1. The second-order valence-corrected chi connectivity index (χ2v) is 2.99. The molecule has 0 atom stereocenters. The molecule has 0 aromatic heterocycles. The maximum absolute atomic E-state index is 12.8. The average Bonchev–Trinajstić information content (AvgIpc) is 2.22. The third-order valence-corrected chi connectivity index (χ3v) is 1.83. The number of nitrogens with zero attached hydrogens (tertiary/aromatic N) is 2. The highest BCUT2D eigenvalue weighted by atomic mass is 35.5. The third-order valence-electron chi connectivity index (χ3n) is 1.56. The van der Waals surface area contributed by atoms with E-state index in [9.17, 15) is 8.78 Å². The van der Waals surface area contributed by atoms with Crippen LogP contribution in [0.5, 0.6) is 0 Å². The molecule has 0 N–H and O–H groups in total. The van der Waals surface area contributed by atoms with Crippen LogP contribution in [0.1, 0.15) is 5.56 Å². The van der Waals surface area contributed by atoms with E-state index in [-0.39, 0.29) is 11.1 Å². The van der Waals surface area contributed by atoms with Crippen molar-refractivity contribution in [3.63, 3.8) is 0 Å². The standard InChI is InChI=1S/C10H3ClF2N2/c11-8-2-6(1-7(4-14)5-15)3-9(12)10(8)13/h1-3H. The molecule has 0 aliphatic carbocycles. The van der Waals surface area contributed by atoms with Crippen LogP contribution in [-0.4, -0.2) is 0 Å². The first kappa shape index (κ1) is 11.2. The van der Waals surface area contributed by atoms with Gasteiger partial charge in [0.2, 0.25) is 0 Å². The zero-order chi connectivity index (χ0) is 11.4. The summed E-state index contributed by atoms with van der Waals surface area (Å²) in [6, 6.07) is 5.18. The highest BCUT2D eigenvalue weighted by molar-refractivity contribution is 6.30. The molecule has 0 spiro atoms. The van der Waals surface area contributed by atoms with Crippen molar-refractivity contribution in [2.45, 2.75) is 0 Å². The van der Waals surface area contributed by atoms with Crippen molar-refractivity contribution in [1.82, 2.24) is 0 Å². The van der Waals surface area contributed by atoms with Gasteiger partial charge in [-0.15, -0.1) is 0 Å². The summed E-state index contributed by atoms with van der Waals surface area (Å²) in [7, 11) is 0. The summed E-state index contributed by atoms with van der Waals surface area (Å²) in [5.41, 5.74) is -0.0472. The molecule has 1 aromatic rings. The molecule has 0 saturated carbocycles. The van der Waals surface area contributed by atoms with Gasteiger partial charge in [0, 0.05) is 0 Å². The van der Waals surface area contributed by atoms with Gasteiger partial charge in [-0.05, 0) is 23.8 Å².